The SMILES string of the molecule is CC(C)C(N)C(=O)NC(CC(N)=O)C(=O)N1CCCC1C(=O)NC(Cc1c[nH]c2ccccc12)C(=O)O. The van der Waals surface area contributed by atoms with Gasteiger partial charge in [0.1, 0.15) is 18.1 Å². The molecule has 1 aromatic carbocycles. The lowest BCUT2D eigenvalue weighted by Crippen LogP contribution is -2.58. The fourth-order valence-electron chi connectivity index (χ4n) is 4.46. The first-order valence-corrected chi connectivity index (χ1v) is 12.2. The van der Waals surface area contributed by atoms with Crippen molar-refractivity contribution in [3.63, 3.8) is 0 Å². The van der Waals surface area contributed by atoms with Crippen LogP contribution in [0.2, 0.25) is 0 Å². The Morgan fingerprint density at radius 2 is 1.84 bits per heavy atom. The van der Waals surface area contributed by atoms with E-state index in [1.807, 2.05) is 24.3 Å². The number of rotatable bonds is 11. The van der Waals surface area contributed by atoms with Gasteiger partial charge in [0.15, 0.2) is 0 Å². The fraction of sp³-hybridized carbons (Fsp3) is 0.480. The summed E-state index contributed by atoms with van der Waals surface area (Å²) >= 11 is 0. The van der Waals surface area contributed by atoms with Gasteiger partial charge in [-0.3, -0.25) is 19.2 Å². The third-order valence-corrected chi connectivity index (χ3v) is 6.59. The van der Waals surface area contributed by atoms with Crippen molar-refractivity contribution in [2.75, 3.05) is 6.54 Å². The molecular formula is C25H34N6O6. The highest BCUT2D eigenvalue weighted by molar-refractivity contribution is 5.96. The van der Waals surface area contributed by atoms with Crippen molar-refractivity contribution < 1.29 is 29.1 Å². The van der Waals surface area contributed by atoms with E-state index in [4.69, 9.17) is 11.5 Å². The highest BCUT2D eigenvalue weighted by atomic mass is 16.4. The van der Waals surface area contributed by atoms with Crippen LogP contribution in [0, 0.1) is 5.92 Å². The van der Waals surface area contributed by atoms with Crippen LogP contribution in [0.15, 0.2) is 30.5 Å². The molecule has 1 aliphatic heterocycles. The van der Waals surface area contributed by atoms with Crippen LogP contribution in [0.3, 0.4) is 0 Å². The van der Waals surface area contributed by atoms with Gasteiger partial charge in [0.05, 0.1) is 12.5 Å². The second-order valence-electron chi connectivity index (χ2n) is 9.65. The van der Waals surface area contributed by atoms with Crippen LogP contribution in [0.25, 0.3) is 10.9 Å². The standard InChI is InChI=1S/C25H34N6O6/c1-13(2)21(27)23(34)29-17(11-20(26)32)24(35)31-9-5-8-19(31)22(33)30-18(25(36)37)10-14-12-28-16-7-4-3-6-15(14)16/h3-4,6-7,12-13,17-19,21,28H,5,8-11,27H2,1-2H3,(H2,26,32)(H,29,34)(H,30,33)(H,36,37). The van der Waals surface area contributed by atoms with Gasteiger partial charge < -0.3 is 37.1 Å². The molecule has 0 bridgehead atoms. The van der Waals surface area contributed by atoms with Gasteiger partial charge in [0, 0.05) is 30.1 Å². The smallest absolute Gasteiger partial charge is 0.326 e. The summed E-state index contributed by atoms with van der Waals surface area (Å²) < 4.78 is 0. The zero-order valence-corrected chi connectivity index (χ0v) is 20.9. The van der Waals surface area contributed by atoms with Crippen LogP contribution in [-0.2, 0) is 30.4 Å². The number of para-hydroxylation sites is 1. The zero-order valence-electron chi connectivity index (χ0n) is 20.9. The summed E-state index contributed by atoms with van der Waals surface area (Å²) in [5.74, 6) is -4.11. The number of hydrogen-bond acceptors (Lipinski definition) is 6. The third kappa shape index (κ3) is 6.64. The normalized spacial score (nSPS) is 17.8. The summed E-state index contributed by atoms with van der Waals surface area (Å²) in [5, 5.41) is 15.7. The molecule has 12 nitrogen and oxygen atoms in total. The topological polar surface area (TPSA) is 201 Å². The van der Waals surface area contributed by atoms with E-state index in [2.05, 4.69) is 15.6 Å². The first-order chi connectivity index (χ1) is 17.5. The minimum atomic E-state index is -1.29. The van der Waals surface area contributed by atoms with Gasteiger partial charge in [-0.25, -0.2) is 4.79 Å². The Bertz CT molecular complexity index is 1180. The average molecular weight is 515 g/mol. The first kappa shape index (κ1) is 27.7. The predicted molar refractivity (Wildman–Crippen MR) is 135 cm³/mol. The summed E-state index contributed by atoms with van der Waals surface area (Å²) in [4.78, 5) is 66.9. The van der Waals surface area contributed by atoms with Gasteiger partial charge in [-0.1, -0.05) is 32.0 Å². The molecule has 8 N–H and O–H groups in total. The van der Waals surface area contributed by atoms with Crippen molar-refractivity contribution in [2.24, 2.45) is 17.4 Å². The van der Waals surface area contributed by atoms with Crippen molar-refractivity contribution in [3.8, 4) is 0 Å². The van der Waals surface area contributed by atoms with Gasteiger partial charge in [0.2, 0.25) is 23.6 Å². The van der Waals surface area contributed by atoms with Crippen LogP contribution >= 0.6 is 0 Å². The van der Waals surface area contributed by atoms with Gasteiger partial charge in [0.25, 0.3) is 0 Å². The maximum atomic E-state index is 13.3. The molecule has 1 aromatic heterocycles. The summed E-state index contributed by atoms with van der Waals surface area (Å²) in [7, 11) is 0. The van der Waals surface area contributed by atoms with Crippen LogP contribution in [0.5, 0.6) is 0 Å². The Labute approximate surface area is 214 Å². The molecule has 1 aliphatic rings. The fourth-order valence-corrected chi connectivity index (χ4v) is 4.46. The number of carboxylic acid groups (broad SMARTS) is 1. The molecule has 0 radical (unpaired) electrons. The second-order valence-corrected chi connectivity index (χ2v) is 9.65. The van der Waals surface area contributed by atoms with Crippen molar-refractivity contribution in [2.45, 2.75) is 63.7 Å². The van der Waals surface area contributed by atoms with E-state index < -0.39 is 60.2 Å². The molecular weight excluding hydrogens is 480 g/mol. The summed E-state index contributed by atoms with van der Waals surface area (Å²) in [6, 6.07) is 3.05. The van der Waals surface area contributed by atoms with Crippen LogP contribution in [0.1, 0.15) is 38.7 Å². The van der Waals surface area contributed by atoms with E-state index in [0.717, 1.165) is 16.5 Å². The average Bonchev–Trinajstić information content (AvgIpc) is 3.49. The molecule has 2 heterocycles. The monoisotopic (exact) mass is 514 g/mol. The van der Waals surface area contributed by atoms with Gasteiger partial charge >= 0.3 is 5.97 Å². The van der Waals surface area contributed by atoms with Crippen molar-refractivity contribution in [3.05, 3.63) is 36.0 Å². The number of carboxylic acids is 1. The lowest BCUT2D eigenvalue weighted by Gasteiger charge is -2.30. The number of nitrogens with two attached hydrogens (primary N) is 2. The Morgan fingerprint density at radius 3 is 2.49 bits per heavy atom. The molecule has 37 heavy (non-hydrogen) atoms. The summed E-state index contributed by atoms with van der Waals surface area (Å²) in [6.07, 6.45) is 2.08. The molecule has 12 heteroatoms. The molecule has 0 saturated carbocycles. The van der Waals surface area contributed by atoms with E-state index >= 15 is 0 Å². The predicted octanol–water partition coefficient (Wildman–Crippen LogP) is -0.386. The number of primary amides is 1. The van der Waals surface area contributed by atoms with E-state index in [1.165, 1.54) is 4.90 Å². The van der Waals surface area contributed by atoms with Gasteiger partial charge in [-0.15, -0.1) is 0 Å². The quantitative estimate of drug-likeness (QED) is 0.234. The molecule has 0 spiro atoms. The molecule has 0 aliphatic carbocycles. The maximum absolute atomic E-state index is 13.3. The highest BCUT2D eigenvalue weighted by Gasteiger charge is 2.39. The number of benzene rings is 1. The Morgan fingerprint density at radius 1 is 1.14 bits per heavy atom. The molecule has 4 atom stereocenters. The summed E-state index contributed by atoms with van der Waals surface area (Å²) in [5.41, 5.74) is 12.7. The number of hydrogen-bond donors (Lipinski definition) is 6. The Hall–Kier alpha value is -3.93. The van der Waals surface area contributed by atoms with Gasteiger partial charge in [-0.2, -0.15) is 0 Å². The molecule has 200 valence electrons. The third-order valence-electron chi connectivity index (χ3n) is 6.59. The number of nitrogens with zero attached hydrogens (tertiary/aromatic N) is 1. The number of nitrogens with one attached hydrogen (secondary N) is 3. The number of aliphatic carboxylic acids is 1. The number of fused-ring (bicyclic) bond motifs is 1. The van der Waals surface area contributed by atoms with E-state index in [0.29, 0.717) is 12.8 Å². The van der Waals surface area contributed by atoms with Crippen molar-refractivity contribution in [1.82, 2.24) is 20.5 Å². The van der Waals surface area contributed by atoms with Crippen LogP contribution in [0.4, 0.5) is 0 Å². The Kier molecular flexibility index (Phi) is 8.87. The molecule has 4 unspecified atom stereocenters. The largest absolute Gasteiger partial charge is 0.480 e. The number of likely N-dealkylation sites (tertiary alicyclic amines) is 1. The van der Waals surface area contributed by atoms with Crippen molar-refractivity contribution >= 4 is 40.5 Å². The minimum absolute atomic E-state index is 0.0409. The van der Waals surface area contributed by atoms with Gasteiger partial charge in [-0.05, 0) is 30.4 Å². The minimum Gasteiger partial charge on any atom is -0.480 e. The first-order valence-electron chi connectivity index (χ1n) is 12.2. The number of amides is 4. The molecule has 3 rings (SSSR count). The van der Waals surface area contributed by atoms with Crippen LogP contribution < -0.4 is 22.1 Å². The molecule has 1 fully saturated rings. The zero-order chi connectivity index (χ0) is 27.3. The lowest BCUT2D eigenvalue weighted by atomic mass is 10.0. The number of carbonyl (C=O) groups is 5. The number of H-pyrrole nitrogens is 1. The van der Waals surface area contributed by atoms with E-state index in [9.17, 15) is 29.1 Å². The number of aromatic amines is 1. The highest BCUT2D eigenvalue weighted by Crippen LogP contribution is 2.22. The Balaban J connectivity index is 1.73. The van der Waals surface area contributed by atoms with E-state index in [-0.39, 0.29) is 18.9 Å². The van der Waals surface area contributed by atoms with Crippen molar-refractivity contribution in [1.29, 1.82) is 0 Å². The number of carbonyl (C=O) groups excluding carboxylic acids is 4. The molecule has 1 saturated heterocycles. The molecule has 4 amide bonds. The summed E-state index contributed by atoms with van der Waals surface area (Å²) in [6.45, 7) is 3.69. The lowest BCUT2D eigenvalue weighted by molar-refractivity contribution is -0.145. The van der Waals surface area contributed by atoms with Crippen LogP contribution in [-0.4, -0.2) is 75.3 Å². The molecule has 2 aromatic rings. The number of aromatic nitrogens is 1. The van der Waals surface area contributed by atoms with E-state index in [1.54, 1.807) is 20.0 Å². The maximum Gasteiger partial charge on any atom is 0.326 e. The second kappa shape index (κ2) is 11.9.